The number of anilines is 1. The average Bonchev–Trinajstić information content (AvgIpc) is 3.14. The van der Waals surface area contributed by atoms with E-state index in [1.807, 2.05) is 41.1 Å². The largest absolute Gasteiger partial charge is 0.382 e. The molecule has 0 amide bonds. The summed E-state index contributed by atoms with van der Waals surface area (Å²) in [5, 5.41) is 4.42. The first kappa shape index (κ1) is 20.7. The highest BCUT2D eigenvalue weighted by molar-refractivity contribution is 9.11. The van der Waals surface area contributed by atoms with Gasteiger partial charge in [-0.2, -0.15) is 0 Å². The highest BCUT2D eigenvalue weighted by Gasteiger charge is 2.12. The van der Waals surface area contributed by atoms with Gasteiger partial charge in [0.15, 0.2) is 0 Å². The van der Waals surface area contributed by atoms with Gasteiger partial charge in [-0.3, -0.25) is 0 Å². The molecule has 1 heterocycles. The molecule has 0 saturated heterocycles. The fourth-order valence-electron chi connectivity index (χ4n) is 2.49. The van der Waals surface area contributed by atoms with Crippen molar-refractivity contribution in [1.82, 2.24) is 9.55 Å². The van der Waals surface area contributed by atoms with Crippen LogP contribution in [0.15, 0.2) is 64.1 Å². The van der Waals surface area contributed by atoms with Crippen molar-refractivity contribution in [2.75, 3.05) is 11.9 Å². The number of hydrogen-bond donors (Lipinski definition) is 1. The standard InChI is InChI=1S/C19H17Br2Cl2N3O/c20-14-2-1-13(17(21)7-14)11-27-16(10-26-6-5-24-12-26)9-25-15-3-4-18(22)19(23)8-15/h1-8,12,16,25H,9-11H2. The van der Waals surface area contributed by atoms with Crippen molar-refractivity contribution in [3.8, 4) is 0 Å². The maximum atomic E-state index is 6.18. The lowest BCUT2D eigenvalue weighted by Crippen LogP contribution is -2.28. The van der Waals surface area contributed by atoms with Crippen LogP contribution in [-0.2, 0) is 17.9 Å². The minimum Gasteiger partial charge on any atom is -0.382 e. The lowest BCUT2D eigenvalue weighted by molar-refractivity contribution is 0.0376. The topological polar surface area (TPSA) is 39.1 Å². The quantitative estimate of drug-likeness (QED) is 0.363. The summed E-state index contributed by atoms with van der Waals surface area (Å²) in [6.45, 7) is 1.79. The van der Waals surface area contributed by atoms with Gasteiger partial charge in [-0.05, 0) is 35.9 Å². The van der Waals surface area contributed by atoms with E-state index in [0.29, 0.717) is 29.7 Å². The first-order valence-corrected chi connectivity index (χ1v) is 10.6. The fourth-order valence-corrected chi connectivity index (χ4v) is 3.95. The summed E-state index contributed by atoms with van der Waals surface area (Å²) in [5.74, 6) is 0. The zero-order valence-electron chi connectivity index (χ0n) is 14.2. The van der Waals surface area contributed by atoms with Crippen molar-refractivity contribution in [2.45, 2.75) is 19.3 Å². The summed E-state index contributed by atoms with van der Waals surface area (Å²) < 4.78 is 10.2. The Kier molecular flexibility index (Phi) is 7.61. The average molecular weight is 534 g/mol. The second-order valence-electron chi connectivity index (χ2n) is 5.94. The van der Waals surface area contributed by atoms with Crippen molar-refractivity contribution in [2.24, 2.45) is 0 Å². The Morgan fingerprint density at radius 2 is 1.96 bits per heavy atom. The summed E-state index contributed by atoms with van der Waals surface area (Å²) in [6, 6.07) is 11.5. The number of aromatic nitrogens is 2. The van der Waals surface area contributed by atoms with Gasteiger partial charge >= 0.3 is 0 Å². The number of imidazole rings is 1. The van der Waals surface area contributed by atoms with Crippen molar-refractivity contribution < 1.29 is 4.74 Å². The van der Waals surface area contributed by atoms with Gasteiger partial charge in [0.25, 0.3) is 0 Å². The molecule has 3 aromatic rings. The van der Waals surface area contributed by atoms with Crippen LogP contribution in [0.5, 0.6) is 0 Å². The Bertz CT molecular complexity index is 891. The number of hydrogen-bond acceptors (Lipinski definition) is 3. The third-order valence-corrected chi connectivity index (χ3v) is 5.89. The summed E-state index contributed by atoms with van der Waals surface area (Å²) >= 11 is 19.1. The normalized spacial score (nSPS) is 12.1. The van der Waals surface area contributed by atoms with Gasteiger partial charge in [-0.1, -0.05) is 61.1 Å². The molecule has 27 heavy (non-hydrogen) atoms. The van der Waals surface area contributed by atoms with Crippen LogP contribution < -0.4 is 5.32 Å². The first-order chi connectivity index (χ1) is 13.0. The van der Waals surface area contributed by atoms with E-state index >= 15 is 0 Å². The Morgan fingerprint density at radius 1 is 1.11 bits per heavy atom. The van der Waals surface area contributed by atoms with E-state index in [-0.39, 0.29) is 6.10 Å². The molecule has 8 heteroatoms. The molecule has 1 aromatic heterocycles. The molecular weight excluding hydrogens is 517 g/mol. The van der Waals surface area contributed by atoms with Gasteiger partial charge < -0.3 is 14.6 Å². The molecule has 0 aliphatic rings. The minimum atomic E-state index is -0.0656. The van der Waals surface area contributed by atoms with Crippen LogP contribution in [0.4, 0.5) is 5.69 Å². The second-order valence-corrected chi connectivity index (χ2v) is 8.52. The Labute approximate surface area is 185 Å². The third kappa shape index (κ3) is 6.22. The van der Waals surface area contributed by atoms with E-state index in [1.54, 1.807) is 18.6 Å². The highest BCUT2D eigenvalue weighted by atomic mass is 79.9. The molecule has 1 unspecified atom stereocenters. The Hall–Kier alpha value is -1.05. The van der Waals surface area contributed by atoms with E-state index in [4.69, 9.17) is 27.9 Å². The molecule has 0 radical (unpaired) electrons. The molecule has 142 valence electrons. The number of ether oxygens (including phenoxy) is 1. The maximum Gasteiger partial charge on any atom is 0.0946 e. The van der Waals surface area contributed by atoms with Crippen molar-refractivity contribution in [1.29, 1.82) is 0 Å². The third-order valence-electron chi connectivity index (χ3n) is 3.92. The van der Waals surface area contributed by atoms with E-state index in [9.17, 15) is 0 Å². The van der Waals surface area contributed by atoms with E-state index in [0.717, 1.165) is 20.2 Å². The number of benzene rings is 2. The fraction of sp³-hybridized carbons (Fsp3) is 0.211. The Morgan fingerprint density at radius 3 is 2.67 bits per heavy atom. The number of halogens is 4. The smallest absolute Gasteiger partial charge is 0.0946 e. The molecule has 0 bridgehead atoms. The summed E-state index contributed by atoms with van der Waals surface area (Å²) in [7, 11) is 0. The van der Waals surface area contributed by atoms with Gasteiger partial charge in [0.05, 0.1) is 35.6 Å². The van der Waals surface area contributed by atoms with Crippen molar-refractivity contribution in [3.63, 3.8) is 0 Å². The van der Waals surface area contributed by atoms with Crippen LogP contribution in [0, 0.1) is 0 Å². The molecule has 3 rings (SSSR count). The lowest BCUT2D eigenvalue weighted by atomic mass is 10.2. The molecule has 4 nitrogen and oxygen atoms in total. The van der Waals surface area contributed by atoms with Crippen LogP contribution in [-0.4, -0.2) is 22.2 Å². The molecule has 0 aliphatic heterocycles. The summed E-state index contributed by atoms with van der Waals surface area (Å²) in [4.78, 5) is 4.10. The van der Waals surface area contributed by atoms with Crippen LogP contribution in [0.25, 0.3) is 0 Å². The molecule has 1 N–H and O–H groups in total. The molecule has 0 saturated carbocycles. The lowest BCUT2D eigenvalue weighted by Gasteiger charge is -2.20. The first-order valence-electron chi connectivity index (χ1n) is 8.21. The van der Waals surface area contributed by atoms with Gasteiger partial charge in [0, 0.05) is 33.6 Å². The van der Waals surface area contributed by atoms with E-state index in [1.165, 1.54) is 0 Å². The van der Waals surface area contributed by atoms with Crippen molar-refractivity contribution >= 4 is 60.7 Å². The van der Waals surface area contributed by atoms with Crippen LogP contribution in [0.1, 0.15) is 5.56 Å². The Balaban J connectivity index is 1.65. The van der Waals surface area contributed by atoms with Crippen LogP contribution >= 0.6 is 55.1 Å². The maximum absolute atomic E-state index is 6.18. The zero-order valence-corrected chi connectivity index (χ0v) is 18.9. The number of rotatable bonds is 8. The zero-order chi connectivity index (χ0) is 19.2. The number of nitrogens with one attached hydrogen (secondary N) is 1. The van der Waals surface area contributed by atoms with E-state index < -0.39 is 0 Å². The van der Waals surface area contributed by atoms with Gasteiger partial charge in [-0.25, -0.2) is 4.98 Å². The molecule has 0 aliphatic carbocycles. The molecule has 0 fully saturated rings. The molecule has 2 aromatic carbocycles. The van der Waals surface area contributed by atoms with Crippen LogP contribution in [0.3, 0.4) is 0 Å². The molecule has 1 atom stereocenters. The molecule has 0 spiro atoms. The summed E-state index contributed by atoms with van der Waals surface area (Å²) in [6.07, 6.45) is 5.40. The predicted molar refractivity (Wildman–Crippen MR) is 118 cm³/mol. The molecular formula is C19H17Br2Cl2N3O. The summed E-state index contributed by atoms with van der Waals surface area (Å²) in [5.41, 5.74) is 1.98. The van der Waals surface area contributed by atoms with Gasteiger partial charge in [0.1, 0.15) is 0 Å². The second kappa shape index (κ2) is 9.94. The van der Waals surface area contributed by atoms with E-state index in [2.05, 4.69) is 42.2 Å². The number of nitrogens with zero attached hydrogens (tertiary/aromatic N) is 2. The monoisotopic (exact) mass is 531 g/mol. The minimum absolute atomic E-state index is 0.0656. The van der Waals surface area contributed by atoms with Gasteiger partial charge in [0.2, 0.25) is 0 Å². The van der Waals surface area contributed by atoms with Gasteiger partial charge in [-0.15, -0.1) is 0 Å². The predicted octanol–water partition coefficient (Wildman–Crippen LogP) is 6.41. The SMILES string of the molecule is Clc1ccc(NCC(Cn2ccnc2)OCc2ccc(Br)cc2Br)cc1Cl. The highest BCUT2D eigenvalue weighted by Crippen LogP contribution is 2.25. The van der Waals surface area contributed by atoms with Crippen molar-refractivity contribution in [3.05, 3.63) is 79.7 Å². The van der Waals surface area contributed by atoms with Crippen LogP contribution in [0.2, 0.25) is 10.0 Å².